The van der Waals surface area contributed by atoms with Crippen LogP contribution in [-0.4, -0.2) is 10.2 Å². The second-order valence-electron chi connectivity index (χ2n) is 8.04. The molecule has 1 aromatic carbocycles. The molecule has 0 saturated heterocycles. The van der Waals surface area contributed by atoms with Crippen molar-refractivity contribution < 1.29 is 0 Å². The summed E-state index contributed by atoms with van der Waals surface area (Å²) in [7, 11) is 0. The largest absolute Gasteiger partial charge is 0.155 e. The van der Waals surface area contributed by atoms with E-state index in [2.05, 4.69) is 60.4 Å². The summed E-state index contributed by atoms with van der Waals surface area (Å²) in [6.07, 6.45) is 13.1. The summed E-state index contributed by atoms with van der Waals surface area (Å²) in [5.41, 5.74) is 4.71. The Labute approximate surface area is 159 Å². The molecule has 0 amide bonds. The lowest BCUT2D eigenvalue weighted by Crippen LogP contribution is -2.14. The molecule has 1 fully saturated rings. The Morgan fingerprint density at radius 1 is 0.808 bits per heavy atom. The number of unbranched alkanes of at least 4 members (excludes halogenated alkanes) is 1. The quantitative estimate of drug-likeness (QED) is 0.533. The van der Waals surface area contributed by atoms with Crippen molar-refractivity contribution in [1.82, 2.24) is 10.2 Å². The van der Waals surface area contributed by atoms with Crippen LogP contribution in [0.1, 0.15) is 76.5 Å². The lowest BCUT2D eigenvalue weighted by Gasteiger charge is -2.27. The first-order valence-corrected chi connectivity index (χ1v) is 10.7. The third-order valence-corrected chi connectivity index (χ3v) is 6.14. The highest BCUT2D eigenvalue weighted by Crippen LogP contribution is 2.33. The molecule has 0 bridgehead atoms. The van der Waals surface area contributed by atoms with Crippen molar-refractivity contribution >= 4 is 0 Å². The van der Waals surface area contributed by atoms with Crippen molar-refractivity contribution in [3.05, 3.63) is 47.7 Å². The first-order valence-electron chi connectivity index (χ1n) is 10.7. The number of rotatable bonds is 8. The van der Waals surface area contributed by atoms with E-state index in [1.54, 1.807) is 0 Å². The van der Waals surface area contributed by atoms with Crippen LogP contribution in [-0.2, 0) is 12.8 Å². The predicted octanol–water partition coefficient (Wildman–Crippen LogP) is 6.64. The number of hydrogen-bond donors (Lipinski definition) is 0. The summed E-state index contributed by atoms with van der Waals surface area (Å²) in [5.74, 6) is 1.94. The molecule has 140 valence electrons. The summed E-state index contributed by atoms with van der Waals surface area (Å²) in [6.45, 7) is 4.55. The van der Waals surface area contributed by atoms with Crippen LogP contribution in [0.15, 0.2) is 36.4 Å². The van der Waals surface area contributed by atoms with Crippen molar-refractivity contribution in [2.75, 3.05) is 0 Å². The number of benzene rings is 1. The van der Waals surface area contributed by atoms with Gasteiger partial charge in [0.1, 0.15) is 0 Å². The molecule has 0 N–H and O–H groups in total. The van der Waals surface area contributed by atoms with Crippen molar-refractivity contribution in [3.8, 4) is 11.3 Å². The molecule has 26 heavy (non-hydrogen) atoms. The van der Waals surface area contributed by atoms with E-state index in [0.29, 0.717) is 0 Å². The Morgan fingerprint density at radius 3 is 2.15 bits per heavy atom. The average molecular weight is 351 g/mol. The summed E-state index contributed by atoms with van der Waals surface area (Å²) in [6, 6.07) is 13.2. The summed E-state index contributed by atoms with van der Waals surface area (Å²) < 4.78 is 0. The standard InChI is InChI=1S/C24H34N2/c1-3-5-6-23-17-18-24(26-25-23)22-15-13-21(14-16-22)12-11-20-9-7-19(4-2)8-10-20/h13-20H,3-12H2,1-2H3/t19-,20-. The van der Waals surface area contributed by atoms with E-state index in [9.17, 15) is 0 Å². The molecule has 1 saturated carbocycles. The highest BCUT2D eigenvalue weighted by atomic mass is 15.1. The Balaban J connectivity index is 1.50. The first-order chi connectivity index (χ1) is 12.8. The Hall–Kier alpha value is -1.70. The molecule has 2 heteroatoms. The van der Waals surface area contributed by atoms with E-state index in [1.807, 2.05) is 0 Å². The van der Waals surface area contributed by atoms with E-state index in [1.165, 1.54) is 68.9 Å². The molecule has 1 aliphatic rings. The topological polar surface area (TPSA) is 25.8 Å². The molecule has 1 heterocycles. The number of hydrogen-bond acceptors (Lipinski definition) is 2. The van der Waals surface area contributed by atoms with Gasteiger partial charge in [-0.2, -0.15) is 10.2 Å². The Kier molecular flexibility index (Phi) is 7.22. The third kappa shape index (κ3) is 5.40. The van der Waals surface area contributed by atoms with Crippen molar-refractivity contribution in [2.24, 2.45) is 11.8 Å². The van der Waals surface area contributed by atoms with E-state index in [0.717, 1.165) is 29.6 Å². The zero-order valence-corrected chi connectivity index (χ0v) is 16.6. The average Bonchev–Trinajstić information content (AvgIpc) is 2.72. The van der Waals surface area contributed by atoms with E-state index >= 15 is 0 Å². The Bertz CT molecular complexity index is 637. The van der Waals surface area contributed by atoms with Crippen molar-refractivity contribution in [3.63, 3.8) is 0 Å². The molecule has 2 aromatic rings. The second-order valence-corrected chi connectivity index (χ2v) is 8.04. The van der Waals surface area contributed by atoms with Gasteiger partial charge in [-0.05, 0) is 55.2 Å². The first kappa shape index (κ1) is 19.1. The maximum absolute atomic E-state index is 4.42. The zero-order valence-electron chi connectivity index (χ0n) is 16.6. The molecule has 0 radical (unpaired) electrons. The molecule has 1 aromatic heterocycles. The predicted molar refractivity (Wildman–Crippen MR) is 110 cm³/mol. The molecule has 0 atom stereocenters. The van der Waals surface area contributed by atoms with Gasteiger partial charge in [-0.25, -0.2) is 0 Å². The fourth-order valence-electron chi connectivity index (χ4n) is 4.15. The number of nitrogens with zero attached hydrogens (tertiary/aromatic N) is 2. The van der Waals surface area contributed by atoms with Crippen LogP contribution in [0.3, 0.4) is 0 Å². The molecular weight excluding hydrogens is 316 g/mol. The van der Waals surface area contributed by atoms with Crippen LogP contribution in [0.4, 0.5) is 0 Å². The number of aryl methyl sites for hydroxylation is 2. The smallest absolute Gasteiger partial charge is 0.0929 e. The minimum atomic E-state index is 0.944. The van der Waals surface area contributed by atoms with Crippen LogP contribution >= 0.6 is 0 Å². The fraction of sp³-hybridized carbons (Fsp3) is 0.583. The van der Waals surface area contributed by atoms with E-state index in [-0.39, 0.29) is 0 Å². The minimum Gasteiger partial charge on any atom is -0.155 e. The molecule has 2 nitrogen and oxygen atoms in total. The summed E-state index contributed by atoms with van der Waals surface area (Å²) in [5, 5.41) is 8.79. The molecule has 0 aliphatic heterocycles. The van der Waals surface area contributed by atoms with Gasteiger partial charge in [0.2, 0.25) is 0 Å². The number of aromatic nitrogens is 2. The third-order valence-electron chi connectivity index (χ3n) is 6.14. The van der Waals surface area contributed by atoms with Gasteiger partial charge in [0.05, 0.1) is 11.4 Å². The lowest BCUT2D eigenvalue weighted by atomic mass is 9.78. The van der Waals surface area contributed by atoms with Crippen LogP contribution in [0.25, 0.3) is 11.3 Å². The van der Waals surface area contributed by atoms with Crippen LogP contribution < -0.4 is 0 Å². The van der Waals surface area contributed by atoms with Gasteiger partial charge in [0.15, 0.2) is 0 Å². The maximum atomic E-state index is 4.42. The molecule has 3 rings (SSSR count). The van der Waals surface area contributed by atoms with Gasteiger partial charge in [0, 0.05) is 5.56 Å². The SMILES string of the molecule is CCCCc1ccc(-c2ccc(CC[C@H]3CC[C@H](CC)CC3)cc2)nn1. The lowest BCUT2D eigenvalue weighted by molar-refractivity contribution is 0.259. The fourth-order valence-corrected chi connectivity index (χ4v) is 4.15. The molecule has 0 unspecified atom stereocenters. The van der Waals surface area contributed by atoms with Gasteiger partial charge < -0.3 is 0 Å². The van der Waals surface area contributed by atoms with Gasteiger partial charge in [0.25, 0.3) is 0 Å². The van der Waals surface area contributed by atoms with Crippen LogP contribution in [0.5, 0.6) is 0 Å². The highest BCUT2D eigenvalue weighted by Gasteiger charge is 2.19. The second kappa shape index (κ2) is 9.85. The van der Waals surface area contributed by atoms with Crippen molar-refractivity contribution in [1.29, 1.82) is 0 Å². The normalized spacial score (nSPS) is 20.2. The highest BCUT2D eigenvalue weighted by molar-refractivity contribution is 5.58. The van der Waals surface area contributed by atoms with E-state index in [4.69, 9.17) is 0 Å². The monoisotopic (exact) mass is 350 g/mol. The van der Waals surface area contributed by atoms with Crippen LogP contribution in [0, 0.1) is 11.8 Å². The van der Waals surface area contributed by atoms with Crippen LogP contribution in [0.2, 0.25) is 0 Å². The molecule has 1 aliphatic carbocycles. The van der Waals surface area contributed by atoms with Crippen molar-refractivity contribution in [2.45, 2.75) is 78.1 Å². The molecular formula is C24H34N2. The van der Waals surface area contributed by atoms with Gasteiger partial charge in [-0.3, -0.25) is 0 Å². The minimum absolute atomic E-state index is 0.944. The van der Waals surface area contributed by atoms with Gasteiger partial charge in [-0.1, -0.05) is 76.6 Å². The summed E-state index contributed by atoms with van der Waals surface area (Å²) in [4.78, 5) is 0. The van der Waals surface area contributed by atoms with Gasteiger partial charge in [-0.15, -0.1) is 0 Å². The zero-order chi connectivity index (χ0) is 18.2. The molecule has 0 spiro atoms. The van der Waals surface area contributed by atoms with E-state index < -0.39 is 0 Å². The Morgan fingerprint density at radius 2 is 1.54 bits per heavy atom. The van der Waals surface area contributed by atoms with Gasteiger partial charge >= 0.3 is 0 Å². The summed E-state index contributed by atoms with van der Waals surface area (Å²) >= 11 is 0. The maximum Gasteiger partial charge on any atom is 0.0929 e.